The summed E-state index contributed by atoms with van der Waals surface area (Å²) in [6.45, 7) is 8.66. The average molecular weight is 569 g/mol. The Kier molecular flexibility index (Phi) is 11.0. The van der Waals surface area contributed by atoms with Crippen LogP contribution in [0.4, 0.5) is 21.8 Å². The molecule has 0 radical (unpaired) electrons. The number of halogens is 1. The molecular formula is C29H37FN6O3S. The molecule has 0 saturated carbocycles. The highest BCUT2D eigenvalue weighted by atomic mass is 32.2. The van der Waals surface area contributed by atoms with Crippen molar-refractivity contribution < 1.29 is 18.7 Å². The fraction of sp³-hybridized carbons (Fsp3) is 0.414. The number of nitrogens with one attached hydrogen (secondary N) is 3. The Morgan fingerprint density at radius 2 is 1.90 bits per heavy atom. The lowest BCUT2D eigenvalue weighted by atomic mass is 10.0. The standard InChI is InChI=1S/C29H37FN6O3S/c1-20(2)17-25(28(37)31-11-12-36-13-15-39-16-14-36)33-29-34-26(32-22-6-4-5-21(30)18-22)19-27(35-29)40-24-9-7-23(38-3)8-10-24/h4-10,18-20,25H,11-17H2,1-3H3,(H,31,37)(H2,32,33,34,35)/t25-/m0/s1. The van der Waals surface area contributed by atoms with E-state index in [1.165, 1.54) is 23.9 Å². The molecule has 0 spiro atoms. The van der Waals surface area contributed by atoms with E-state index >= 15 is 0 Å². The third kappa shape index (κ3) is 9.35. The normalized spacial score (nSPS) is 14.5. The first-order valence-corrected chi connectivity index (χ1v) is 14.3. The second-order valence-electron chi connectivity index (χ2n) is 9.90. The SMILES string of the molecule is COc1ccc(Sc2cc(Nc3cccc(F)c3)nc(N[C@@H](CC(C)C)C(=O)NCCN3CCOCC3)n2)cc1. The molecule has 40 heavy (non-hydrogen) atoms. The maximum atomic E-state index is 13.8. The molecule has 2 heterocycles. The van der Waals surface area contributed by atoms with E-state index in [1.807, 2.05) is 24.3 Å². The molecule has 1 saturated heterocycles. The molecule has 11 heteroatoms. The van der Waals surface area contributed by atoms with E-state index in [4.69, 9.17) is 14.5 Å². The largest absolute Gasteiger partial charge is 0.497 e. The third-order valence-corrected chi connectivity index (χ3v) is 7.17. The first-order valence-electron chi connectivity index (χ1n) is 13.5. The number of carbonyl (C=O) groups excluding carboxylic acids is 1. The molecule has 1 atom stereocenters. The molecular weight excluding hydrogens is 531 g/mol. The van der Waals surface area contributed by atoms with Gasteiger partial charge in [0.1, 0.15) is 28.5 Å². The van der Waals surface area contributed by atoms with Crippen LogP contribution in [0.25, 0.3) is 0 Å². The number of methoxy groups -OCH3 is 1. The lowest BCUT2D eigenvalue weighted by molar-refractivity contribution is -0.122. The van der Waals surface area contributed by atoms with Crippen LogP contribution in [-0.2, 0) is 9.53 Å². The Bertz CT molecular complexity index is 1240. The van der Waals surface area contributed by atoms with E-state index in [1.54, 1.807) is 25.3 Å². The quantitative estimate of drug-likeness (QED) is 0.251. The van der Waals surface area contributed by atoms with Crippen LogP contribution in [0.5, 0.6) is 5.75 Å². The van der Waals surface area contributed by atoms with Gasteiger partial charge in [0.25, 0.3) is 0 Å². The molecule has 1 aliphatic heterocycles. The Hall–Kier alpha value is -3.41. The van der Waals surface area contributed by atoms with Gasteiger partial charge in [-0.05, 0) is 54.8 Å². The number of hydrogen-bond donors (Lipinski definition) is 3. The highest BCUT2D eigenvalue weighted by Gasteiger charge is 2.22. The molecule has 4 rings (SSSR count). The predicted octanol–water partition coefficient (Wildman–Crippen LogP) is 4.79. The van der Waals surface area contributed by atoms with Gasteiger partial charge in [0, 0.05) is 42.8 Å². The topological polar surface area (TPSA) is 101 Å². The summed E-state index contributed by atoms with van der Waals surface area (Å²) in [5.74, 6) is 1.37. The Labute approximate surface area is 239 Å². The number of rotatable bonds is 13. The first kappa shape index (κ1) is 29.6. The number of hydrogen-bond acceptors (Lipinski definition) is 9. The van der Waals surface area contributed by atoms with Crippen molar-refractivity contribution in [3.63, 3.8) is 0 Å². The molecule has 0 unspecified atom stereocenters. The summed E-state index contributed by atoms with van der Waals surface area (Å²) in [5.41, 5.74) is 0.560. The zero-order valence-electron chi connectivity index (χ0n) is 23.2. The molecule has 1 aromatic heterocycles. The maximum Gasteiger partial charge on any atom is 0.242 e. The van der Waals surface area contributed by atoms with Crippen molar-refractivity contribution in [2.24, 2.45) is 5.92 Å². The summed E-state index contributed by atoms with van der Waals surface area (Å²) >= 11 is 1.45. The predicted molar refractivity (Wildman–Crippen MR) is 156 cm³/mol. The smallest absolute Gasteiger partial charge is 0.242 e. The molecule has 3 aromatic rings. The van der Waals surface area contributed by atoms with Crippen LogP contribution >= 0.6 is 11.8 Å². The monoisotopic (exact) mass is 568 g/mol. The number of carbonyl (C=O) groups is 1. The van der Waals surface area contributed by atoms with E-state index in [0.717, 1.165) is 43.5 Å². The highest BCUT2D eigenvalue weighted by Crippen LogP contribution is 2.31. The van der Waals surface area contributed by atoms with Gasteiger partial charge in [-0.1, -0.05) is 31.7 Å². The fourth-order valence-corrected chi connectivity index (χ4v) is 5.04. The minimum absolute atomic E-state index is 0.0987. The van der Waals surface area contributed by atoms with Crippen LogP contribution in [-0.4, -0.2) is 73.3 Å². The van der Waals surface area contributed by atoms with Crippen molar-refractivity contribution in [1.82, 2.24) is 20.2 Å². The second-order valence-corrected chi connectivity index (χ2v) is 11.0. The molecule has 1 aliphatic rings. The van der Waals surface area contributed by atoms with Crippen molar-refractivity contribution >= 4 is 35.1 Å². The summed E-state index contributed by atoms with van der Waals surface area (Å²) in [5, 5.41) is 10.2. The van der Waals surface area contributed by atoms with Crippen LogP contribution in [0.15, 0.2) is 64.5 Å². The van der Waals surface area contributed by atoms with Gasteiger partial charge in [-0.2, -0.15) is 4.98 Å². The number of anilines is 3. The lowest BCUT2D eigenvalue weighted by Crippen LogP contribution is -2.45. The molecule has 214 valence electrons. The van der Waals surface area contributed by atoms with Gasteiger partial charge < -0.3 is 25.4 Å². The van der Waals surface area contributed by atoms with E-state index < -0.39 is 6.04 Å². The van der Waals surface area contributed by atoms with Gasteiger partial charge in [-0.3, -0.25) is 9.69 Å². The van der Waals surface area contributed by atoms with E-state index in [2.05, 4.69) is 39.7 Å². The Morgan fingerprint density at radius 3 is 2.60 bits per heavy atom. The highest BCUT2D eigenvalue weighted by molar-refractivity contribution is 7.99. The molecule has 3 N–H and O–H groups in total. The number of ether oxygens (including phenoxy) is 2. The van der Waals surface area contributed by atoms with Crippen molar-refractivity contribution in [3.05, 3.63) is 60.4 Å². The second kappa shape index (κ2) is 14.8. The zero-order chi connectivity index (χ0) is 28.3. The molecule has 0 aliphatic carbocycles. The number of morpholine rings is 1. The van der Waals surface area contributed by atoms with Crippen LogP contribution < -0.4 is 20.7 Å². The van der Waals surface area contributed by atoms with Crippen LogP contribution in [0.1, 0.15) is 20.3 Å². The van der Waals surface area contributed by atoms with Crippen molar-refractivity contribution in [2.45, 2.75) is 36.2 Å². The summed E-state index contributed by atoms with van der Waals surface area (Å²) in [4.78, 5) is 25.8. The minimum Gasteiger partial charge on any atom is -0.497 e. The molecule has 1 fully saturated rings. The summed E-state index contributed by atoms with van der Waals surface area (Å²) in [7, 11) is 1.63. The summed E-state index contributed by atoms with van der Waals surface area (Å²) < 4.78 is 24.5. The Morgan fingerprint density at radius 1 is 1.12 bits per heavy atom. The van der Waals surface area contributed by atoms with Crippen molar-refractivity contribution in [3.8, 4) is 5.75 Å². The zero-order valence-corrected chi connectivity index (χ0v) is 24.0. The fourth-order valence-electron chi connectivity index (χ4n) is 4.23. The van der Waals surface area contributed by atoms with Crippen LogP contribution in [0, 0.1) is 11.7 Å². The van der Waals surface area contributed by atoms with Crippen LogP contribution in [0.3, 0.4) is 0 Å². The Balaban J connectivity index is 1.52. The molecule has 9 nitrogen and oxygen atoms in total. The molecule has 2 aromatic carbocycles. The van der Waals surface area contributed by atoms with Gasteiger partial charge in [0.2, 0.25) is 11.9 Å². The van der Waals surface area contributed by atoms with Gasteiger partial charge >= 0.3 is 0 Å². The summed E-state index contributed by atoms with van der Waals surface area (Å²) in [6.07, 6.45) is 0.606. The third-order valence-electron chi connectivity index (χ3n) is 6.24. The summed E-state index contributed by atoms with van der Waals surface area (Å²) in [6, 6.07) is 15.1. The minimum atomic E-state index is -0.520. The number of nitrogens with zero attached hydrogens (tertiary/aromatic N) is 3. The van der Waals surface area contributed by atoms with Gasteiger partial charge in [-0.15, -0.1) is 0 Å². The number of amides is 1. The van der Waals surface area contributed by atoms with Crippen LogP contribution in [0.2, 0.25) is 0 Å². The van der Waals surface area contributed by atoms with E-state index in [0.29, 0.717) is 35.4 Å². The van der Waals surface area contributed by atoms with Gasteiger partial charge in [-0.25, -0.2) is 9.37 Å². The van der Waals surface area contributed by atoms with Crippen molar-refractivity contribution in [1.29, 1.82) is 0 Å². The lowest BCUT2D eigenvalue weighted by Gasteiger charge is -2.27. The average Bonchev–Trinajstić information content (AvgIpc) is 2.93. The molecule has 0 bridgehead atoms. The van der Waals surface area contributed by atoms with E-state index in [-0.39, 0.29) is 17.6 Å². The number of benzene rings is 2. The van der Waals surface area contributed by atoms with E-state index in [9.17, 15) is 9.18 Å². The van der Waals surface area contributed by atoms with Gasteiger partial charge in [0.15, 0.2) is 0 Å². The number of aromatic nitrogens is 2. The maximum absolute atomic E-state index is 13.8. The molecule has 1 amide bonds. The first-order chi connectivity index (χ1) is 19.4. The van der Waals surface area contributed by atoms with Crippen molar-refractivity contribution in [2.75, 3.05) is 57.1 Å². The van der Waals surface area contributed by atoms with Gasteiger partial charge in [0.05, 0.1) is 20.3 Å².